The number of nitrogens with one attached hydrogen (secondary N) is 1. The van der Waals surface area contributed by atoms with E-state index in [1.165, 1.54) is 28.6 Å². The number of hydrogen-bond donors (Lipinski definition) is 1. The van der Waals surface area contributed by atoms with Crippen LogP contribution in [-0.2, 0) is 16.4 Å². The molecule has 1 N–H and O–H groups in total. The number of sulfonamides is 1. The van der Waals surface area contributed by atoms with E-state index in [-0.39, 0.29) is 16.7 Å². The lowest BCUT2D eigenvalue weighted by Crippen LogP contribution is -2.39. The molecule has 32 heavy (non-hydrogen) atoms. The number of anilines is 1. The van der Waals surface area contributed by atoms with Crippen molar-refractivity contribution >= 4 is 33.0 Å². The van der Waals surface area contributed by atoms with Gasteiger partial charge in [0.2, 0.25) is 15.0 Å². The van der Waals surface area contributed by atoms with Gasteiger partial charge in [0, 0.05) is 24.7 Å². The second kappa shape index (κ2) is 9.43. The standard InChI is InChI=1S/C22H23FN4O3S2/c1-2-15-6-3-4-8-19(15)32(29,30)27-13-5-7-16(14-27)21-25-26-22(31-21)20(28)24-18-11-9-17(23)10-12-18/h3-4,6,8-12,16H,2,5,7,13-14H2,1H3,(H,24,28). The van der Waals surface area contributed by atoms with E-state index in [0.717, 1.165) is 23.3 Å². The molecule has 0 radical (unpaired) electrons. The Labute approximate surface area is 190 Å². The van der Waals surface area contributed by atoms with E-state index in [2.05, 4.69) is 15.5 Å². The van der Waals surface area contributed by atoms with Crippen molar-refractivity contribution in [2.45, 2.75) is 37.0 Å². The molecule has 2 aromatic carbocycles. The van der Waals surface area contributed by atoms with Crippen LogP contribution in [0, 0.1) is 5.82 Å². The largest absolute Gasteiger partial charge is 0.320 e. The van der Waals surface area contributed by atoms with Crippen molar-refractivity contribution in [3.8, 4) is 0 Å². The van der Waals surface area contributed by atoms with Crippen molar-refractivity contribution in [2.24, 2.45) is 0 Å². The van der Waals surface area contributed by atoms with Crippen LogP contribution in [0.1, 0.15) is 46.1 Å². The lowest BCUT2D eigenvalue weighted by Gasteiger charge is -2.31. The number of hydrogen-bond acceptors (Lipinski definition) is 6. The second-order valence-corrected chi connectivity index (χ2v) is 10.5. The molecule has 168 valence electrons. The van der Waals surface area contributed by atoms with E-state index < -0.39 is 15.9 Å². The van der Waals surface area contributed by atoms with Crippen LogP contribution in [-0.4, -0.2) is 41.9 Å². The molecule has 4 rings (SSSR count). The molecule has 1 aromatic heterocycles. The van der Waals surface area contributed by atoms with Gasteiger partial charge in [0.05, 0.1) is 4.90 Å². The fraction of sp³-hybridized carbons (Fsp3) is 0.318. The predicted octanol–water partition coefficient (Wildman–Crippen LogP) is 4.06. The van der Waals surface area contributed by atoms with E-state index in [1.807, 2.05) is 19.1 Å². The van der Waals surface area contributed by atoms with Gasteiger partial charge in [0.15, 0.2) is 0 Å². The van der Waals surface area contributed by atoms with Gasteiger partial charge in [-0.3, -0.25) is 4.79 Å². The Hall–Kier alpha value is -2.69. The maximum atomic E-state index is 13.3. The molecule has 3 aromatic rings. The van der Waals surface area contributed by atoms with Crippen LogP contribution in [0.5, 0.6) is 0 Å². The topological polar surface area (TPSA) is 92.3 Å². The maximum absolute atomic E-state index is 13.3. The first-order chi connectivity index (χ1) is 15.4. The molecule has 1 aliphatic heterocycles. The van der Waals surface area contributed by atoms with Gasteiger partial charge in [-0.2, -0.15) is 4.31 Å². The summed E-state index contributed by atoms with van der Waals surface area (Å²) in [4.78, 5) is 12.8. The zero-order chi connectivity index (χ0) is 22.7. The molecule has 0 bridgehead atoms. The lowest BCUT2D eigenvalue weighted by molar-refractivity contribution is 0.102. The highest BCUT2D eigenvalue weighted by molar-refractivity contribution is 7.89. The predicted molar refractivity (Wildman–Crippen MR) is 121 cm³/mol. The Morgan fingerprint density at radius 2 is 1.94 bits per heavy atom. The fourth-order valence-corrected chi connectivity index (χ4v) is 6.44. The molecular formula is C22H23FN4O3S2. The third-order valence-electron chi connectivity index (χ3n) is 5.44. The number of aryl methyl sites for hydroxylation is 1. The highest BCUT2D eigenvalue weighted by atomic mass is 32.2. The molecule has 0 aliphatic carbocycles. The fourth-order valence-electron chi connectivity index (χ4n) is 3.76. The summed E-state index contributed by atoms with van der Waals surface area (Å²) in [5, 5.41) is 11.6. The van der Waals surface area contributed by atoms with Gasteiger partial charge in [0.25, 0.3) is 5.91 Å². The first kappa shape index (κ1) is 22.5. The van der Waals surface area contributed by atoms with Crippen molar-refractivity contribution in [1.29, 1.82) is 0 Å². The van der Waals surface area contributed by atoms with Crippen molar-refractivity contribution in [3.05, 3.63) is 69.9 Å². The summed E-state index contributed by atoms with van der Waals surface area (Å²) in [6.07, 6.45) is 2.11. The first-order valence-corrected chi connectivity index (χ1v) is 12.6. The number of piperidine rings is 1. The monoisotopic (exact) mass is 474 g/mol. The van der Waals surface area contributed by atoms with E-state index in [9.17, 15) is 17.6 Å². The normalized spacial score (nSPS) is 17.2. The van der Waals surface area contributed by atoms with Gasteiger partial charge in [-0.1, -0.05) is 36.5 Å². The number of amides is 1. The Balaban J connectivity index is 1.49. The SMILES string of the molecule is CCc1ccccc1S(=O)(=O)N1CCCC(c2nnc(C(=O)Nc3ccc(F)cc3)s2)C1. The molecule has 0 spiro atoms. The molecule has 2 heterocycles. The van der Waals surface area contributed by atoms with Crippen LogP contribution >= 0.6 is 11.3 Å². The number of nitrogens with zero attached hydrogens (tertiary/aromatic N) is 3. The van der Waals surface area contributed by atoms with Gasteiger partial charge >= 0.3 is 0 Å². The molecule has 1 atom stereocenters. The first-order valence-electron chi connectivity index (χ1n) is 10.4. The van der Waals surface area contributed by atoms with Gasteiger partial charge in [-0.15, -0.1) is 10.2 Å². The van der Waals surface area contributed by atoms with E-state index in [0.29, 0.717) is 41.5 Å². The lowest BCUT2D eigenvalue weighted by atomic mass is 10.0. The van der Waals surface area contributed by atoms with Gasteiger partial charge in [-0.05, 0) is 55.2 Å². The Morgan fingerprint density at radius 3 is 2.69 bits per heavy atom. The average molecular weight is 475 g/mol. The second-order valence-electron chi connectivity index (χ2n) is 7.57. The number of halogens is 1. The van der Waals surface area contributed by atoms with E-state index in [4.69, 9.17) is 0 Å². The third-order valence-corrected chi connectivity index (χ3v) is 8.49. The Kier molecular flexibility index (Phi) is 6.63. The number of aromatic nitrogens is 2. The quantitative estimate of drug-likeness (QED) is 0.582. The van der Waals surface area contributed by atoms with Gasteiger partial charge in [-0.25, -0.2) is 12.8 Å². The summed E-state index contributed by atoms with van der Waals surface area (Å²) in [5.74, 6) is -0.950. The zero-order valence-electron chi connectivity index (χ0n) is 17.5. The summed E-state index contributed by atoms with van der Waals surface area (Å²) in [6.45, 7) is 2.69. The summed E-state index contributed by atoms with van der Waals surface area (Å²) >= 11 is 1.16. The molecule has 1 fully saturated rings. The number of carbonyl (C=O) groups is 1. The number of benzene rings is 2. The maximum Gasteiger partial charge on any atom is 0.286 e. The van der Waals surface area contributed by atoms with Crippen LogP contribution in [0.25, 0.3) is 0 Å². The summed E-state index contributed by atoms with van der Waals surface area (Å²) in [5.41, 5.74) is 1.25. The average Bonchev–Trinajstić information content (AvgIpc) is 3.31. The van der Waals surface area contributed by atoms with Crippen LogP contribution in [0.4, 0.5) is 10.1 Å². The highest BCUT2D eigenvalue weighted by Gasteiger charge is 2.33. The summed E-state index contributed by atoms with van der Waals surface area (Å²) in [6, 6.07) is 12.5. The molecule has 0 saturated carbocycles. The molecular weight excluding hydrogens is 451 g/mol. The minimum atomic E-state index is -3.62. The Bertz CT molecular complexity index is 1210. The summed E-state index contributed by atoms with van der Waals surface area (Å²) in [7, 11) is -3.62. The van der Waals surface area contributed by atoms with Crippen LogP contribution < -0.4 is 5.32 Å². The van der Waals surface area contributed by atoms with Crippen LogP contribution in [0.3, 0.4) is 0 Å². The van der Waals surface area contributed by atoms with Crippen molar-refractivity contribution in [1.82, 2.24) is 14.5 Å². The highest BCUT2D eigenvalue weighted by Crippen LogP contribution is 2.32. The summed E-state index contributed by atoms with van der Waals surface area (Å²) < 4.78 is 41.1. The van der Waals surface area contributed by atoms with Crippen molar-refractivity contribution < 1.29 is 17.6 Å². The molecule has 1 unspecified atom stereocenters. The number of rotatable bonds is 6. The van der Waals surface area contributed by atoms with Crippen molar-refractivity contribution in [3.63, 3.8) is 0 Å². The molecule has 1 amide bonds. The molecule has 1 saturated heterocycles. The minimum Gasteiger partial charge on any atom is -0.320 e. The molecule has 1 aliphatic rings. The smallest absolute Gasteiger partial charge is 0.286 e. The molecule has 10 heteroatoms. The van der Waals surface area contributed by atoms with E-state index in [1.54, 1.807) is 12.1 Å². The molecule has 7 nitrogen and oxygen atoms in total. The Morgan fingerprint density at radius 1 is 1.19 bits per heavy atom. The zero-order valence-corrected chi connectivity index (χ0v) is 19.1. The third kappa shape index (κ3) is 4.72. The van der Waals surface area contributed by atoms with Gasteiger partial charge in [0.1, 0.15) is 10.8 Å². The van der Waals surface area contributed by atoms with Crippen molar-refractivity contribution in [2.75, 3.05) is 18.4 Å². The minimum absolute atomic E-state index is 0.128. The number of carbonyl (C=O) groups excluding carboxylic acids is 1. The van der Waals surface area contributed by atoms with Crippen LogP contribution in [0.15, 0.2) is 53.4 Å². The van der Waals surface area contributed by atoms with Crippen LogP contribution in [0.2, 0.25) is 0 Å². The van der Waals surface area contributed by atoms with Gasteiger partial charge < -0.3 is 5.32 Å². The van der Waals surface area contributed by atoms with E-state index >= 15 is 0 Å².